The van der Waals surface area contributed by atoms with Crippen LogP contribution in [0.1, 0.15) is 57.9 Å². The van der Waals surface area contributed by atoms with E-state index in [1.54, 1.807) is 12.1 Å². The Kier molecular flexibility index (Phi) is 7.38. The molecular weight excluding hydrogens is 366 g/mol. The van der Waals surface area contributed by atoms with Crippen LogP contribution < -0.4 is 16.0 Å². The van der Waals surface area contributed by atoms with Crippen molar-refractivity contribution >= 4 is 24.2 Å². The summed E-state index contributed by atoms with van der Waals surface area (Å²) in [4.78, 5) is 24.7. The zero-order valence-electron chi connectivity index (χ0n) is 15.6. The topological polar surface area (TPSA) is 98.9 Å². The van der Waals surface area contributed by atoms with Crippen LogP contribution in [0.2, 0.25) is 0 Å². The van der Waals surface area contributed by atoms with Crippen molar-refractivity contribution in [3.63, 3.8) is 0 Å². The Morgan fingerprint density at radius 3 is 2.89 bits per heavy atom. The monoisotopic (exact) mass is 391 g/mol. The Labute approximate surface area is 165 Å². The molecule has 27 heavy (non-hydrogen) atoms. The number of hydrogen-bond donors (Lipinski definition) is 4. The summed E-state index contributed by atoms with van der Waals surface area (Å²) in [6, 6.07) is 7.43. The minimum Gasteiger partial charge on any atom is -0.350 e. The highest BCUT2D eigenvalue weighted by Gasteiger charge is 2.21. The van der Waals surface area contributed by atoms with Gasteiger partial charge in [0.2, 0.25) is 0 Å². The third-order valence-electron chi connectivity index (χ3n) is 4.65. The number of aromatic amines is 1. The standard InChI is InChI=1S/C19H25N5O2.ClH/c1-3-12(2)22-18(25)14-6-4-5-13(9-14)10-21-19(26)17-15-11-20-8-7-16(15)23-24-17;/h4-6,9,12,20H,3,7-8,10-11H2,1-2H3,(H,21,26)(H,22,25)(H,23,24);1H. The van der Waals surface area contributed by atoms with Crippen molar-refractivity contribution in [1.29, 1.82) is 0 Å². The van der Waals surface area contributed by atoms with Crippen molar-refractivity contribution in [2.45, 2.75) is 45.8 Å². The highest BCUT2D eigenvalue weighted by atomic mass is 35.5. The van der Waals surface area contributed by atoms with E-state index in [9.17, 15) is 9.59 Å². The molecule has 0 aliphatic carbocycles. The SMILES string of the molecule is CCC(C)NC(=O)c1cccc(CNC(=O)c2n[nH]c3c2CNCC3)c1.Cl. The minimum atomic E-state index is -0.208. The first-order valence-electron chi connectivity index (χ1n) is 9.03. The van der Waals surface area contributed by atoms with Crippen molar-refractivity contribution in [3.8, 4) is 0 Å². The first kappa shape index (κ1) is 20.9. The number of H-pyrrole nitrogens is 1. The molecule has 1 aliphatic heterocycles. The van der Waals surface area contributed by atoms with Gasteiger partial charge in [-0.3, -0.25) is 14.7 Å². The molecular formula is C19H26ClN5O2. The summed E-state index contributed by atoms with van der Waals surface area (Å²) < 4.78 is 0. The number of nitrogens with one attached hydrogen (secondary N) is 4. The molecule has 1 aromatic heterocycles. The highest BCUT2D eigenvalue weighted by molar-refractivity contribution is 5.95. The molecule has 7 nitrogen and oxygen atoms in total. The van der Waals surface area contributed by atoms with E-state index in [0.29, 0.717) is 24.3 Å². The third-order valence-corrected chi connectivity index (χ3v) is 4.65. The molecule has 4 N–H and O–H groups in total. The smallest absolute Gasteiger partial charge is 0.272 e. The van der Waals surface area contributed by atoms with Gasteiger partial charge >= 0.3 is 0 Å². The highest BCUT2D eigenvalue weighted by Crippen LogP contribution is 2.15. The van der Waals surface area contributed by atoms with Crippen molar-refractivity contribution in [2.24, 2.45) is 0 Å². The van der Waals surface area contributed by atoms with Crippen LogP contribution in [0.3, 0.4) is 0 Å². The maximum absolute atomic E-state index is 12.5. The van der Waals surface area contributed by atoms with Crippen LogP contribution in [0.5, 0.6) is 0 Å². The van der Waals surface area contributed by atoms with Gasteiger partial charge in [0.15, 0.2) is 5.69 Å². The fourth-order valence-electron chi connectivity index (χ4n) is 2.91. The van der Waals surface area contributed by atoms with E-state index in [1.165, 1.54) is 0 Å². The van der Waals surface area contributed by atoms with Gasteiger partial charge in [-0.1, -0.05) is 19.1 Å². The molecule has 3 rings (SSSR count). The molecule has 2 amide bonds. The molecule has 1 atom stereocenters. The van der Waals surface area contributed by atoms with Gasteiger partial charge in [-0.15, -0.1) is 12.4 Å². The molecule has 0 radical (unpaired) electrons. The number of carbonyl (C=O) groups is 2. The number of amides is 2. The summed E-state index contributed by atoms with van der Waals surface area (Å²) in [7, 11) is 0. The lowest BCUT2D eigenvalue weighted by atomic mass is 10.1. The van der Waals surface area contributed by atoms with Gasteiger partial charge in [0.05, 0.1) is 0 Å². The van der Waals surface area contributed by atoms with E-state index in [0.717, 1.165) is 36.2 Å². The van der Waals surface area contributed by atoms with E-state index in [2.05, 4.69) is 26.1 Å². The average Bonchev–Trinajstić information content (AvgIpc) is 3.10. The zero-order valence-corrected chi connectivity index (χ0v) is 16.4. The number of carbonyl (C=O) groups excluding carboxylic acids is 2. The van der Waals surface area contributed by atoms with Crippen LogP contribution in [0, 0.1) is 0 Å². The van der Waals surface area contributed by atoms with Gasteiger partial charge in [0.1, 0.15) is 0 Å². The quantitative estimate of drug-likeness (QED) is 0.604. The van der Waals surface area contributed by atoms with Crippen molar-refractivity contribution in [2.75, 3.05) is 6.54 Å². The lowest BCUT2D eigenvalue weighted by Crippen LogP contribution is -2.32. The van der Waals surface area contributed by atoms with E-state index in [1.807, 2.05) is 26.0 Å². The lowest BCUT2D eigenvalue weighted by molar-refractivity contribution is 0.0935. The van der Waals surface area contributed by atoms with E-state index >= 15 is 0 Å². The van der Waals surface area contributed by atoms with Crippen LogP contribution in [0.25, 0.3) is 0 Å². The number of fused-ring (bicyclic) bond motifs is 1. The maximum Gasteiger partial charge on any atom is 0.272 e. The third kappa shape index (κ3) is 5.08. The molecule has 146 valence electrons. The van der Waals surface area contributed by atoms with E-state index in [4.69, 9.17) is 0 Å². The first-order valence-corrected chi connectivity index (χ1v) is 9.03. The molecule has 1 aliphatic rings. The Balaban J connectivity index is 0.00000261. The molecule has 0 spiro atoms. The predicted octanol–water partition coefficient (Wildman–Crippen LogP) is 1.94. The Morgan fingerprint density at radius 2 is 2.11 bits per heavy atom. The number of hydrogen-bond acceptors (Lipinski definition) is 4. The maximum atomic E-state index is 12.5. The van der Waals surface area contributed by atoms with Gasteiger partial charge < -0.3 is 16.0 Å². The van der Waals surface area contributed by atoms with Crippen LogP contribution in [-0.2, 0) is 19.5 Å². The molecule has 1 aromatic carbocycles. The van der Waals surface area contributed by atoms with Gasteiger partial charge in [-0.25, -0.2) is 0 Å². The molecule has 2 heterocycles. The average molecular weight is 392 g/mol. The van der Waals surface area contributed by atoms with Crippen molar-refractivity contribution in [1.82, 2.24) is 26.1 Å². The molecule has 0 fully saturated rings. The minimum absolute atomic E-state index is 0. The van der Waals surface area contributed by atoms with Crippen molar-refractivity contribution in [3.05, 3.63) is 52.3 Å². The number of nitrogens with zero attached hydrogens (tertiary/aromatic N) is 1. The molecule has 0 saturated heterocycles. The Morgan fingerprint density at radius 1 is 1.30 bits per heavy atom. The molecule has 2 aromatic rings. The molecule has 0 saturated carbocycles. The van der Waals surface area contributed by atoms with E-state index < -0.39 is 0 Å². The van der Waals surface area contributed by atoms with Crippen LogP contribution in [-0.4, -0.2) is 34.6 Å². The van der Waals surface area contributed by atoms with Crippen molar-refractivity contribution < 1.29 is 9.59 Å². The fourth-order valence-corrected chi connectivity index (χ4v) is 2.91. The van der Waals surface area contributed by atoms with Crippen LogP contribution in [0.15, 0.2) is 24.3 Å². The second-order valence-electron chi connectivity index (χ2n) is 6.62. The largest absolute Gasteiger partial charge is 0.350 e. The fraction of sp³-hybridized carbons (Fsp3) is 0.421. The summed E-state index contributed by atoms with van der Waals surface area (Å²) in [6.07, 6.45) is 1.73. The number of benzene rings is 1. The number of halogens is 1. The van der Waals surface area contributed by atoms with Gasteiger partial charge in [-0.2, -0.15) is 5.10 Å². The lowest BCUT2D eigenvalue weighted by Gasteiger charge is -2.13. The van der Waals surface area contributed by atoms with Gasteiger partial charge in [0, 0.05) is 48.9 Å². The number of rotatable bonds is 6. The summed E-state index contributed by atoms with van der Waals surface area (Å²) in [5.41, 5.74) is 3.88. The molecule has 0 bridgehead atoms. The second kappa shape index (κ2) is 9.53. The second-order valence-corrected chi connectivity index (χ2v) is 6.62. The first-order chi connectivity index (χ1) is 12.6. The van der Waals surface area contributed by atoms with E-state index in [-0.39, 0.29) is 30.3 Å². The number of aromatic nitrogens is 2. The predicted molar refractivity (Wildman–Crippen MR) is 106 cm³/mol. The van der Waals surface area contributed by atoms with Gasteiger partial charge in [0.25, 0.3) is 11.8 Å². The summed E-state index contributed by atoms with van der Waals surface area (Å²) in [6.45, 7) is 5.89. The van der Waals surface area contributed by atoms with Gasteiger partial charge in [-0.05, 0) is 31.0 Å². The summed E-state index contributed by atoms with van der Waals surface area (Å²) >= 11 is 0. The molecule has 1 unspecified atom stereocenters. The summed E-state index contributed by atoms with van der Waals surface area (Å²) in [5.74, 6) is -0.305. The molecule has 8 heteroatoms. The Hall–Kier alpha value is -2.38. The Bertz CT molecular complexity index is 805. The summed E-state index contributed by atoms with van der Waals surface area (Å²) in [5, 5.41) is 16.2. The normalized spacial score (nSPS) is 13.9. The van der Waals surface area contributed by atoms with Crippen LogP contribution in [0.4, 0.5) is 0 Å². The van der Waals surface area contributed by atoms with Crippen LogP contribution >= 0.6 is 12.4 Å². The zero-order chi connectivity index (χ0) is 18.5.